The van der Waals surface area contributed by atoms with E-state index in [0.29, 0.717) is 18.5 Å². The Morgan fingerprint density at radius 3 is 1.96 bits per heavy atom. The molecule has 2 bridgehead atoms. The van der Waals surface area contributed by atoms with Gasteiger partial charge in [0.2, 0.25) is 11.8 Å². The van der Waals surface area contributed by atoms with Crippen LogP contribution < -0.4 is 15.4 Å². The van der Waals surface area contributed by atoms with Crippen LogP contribution in [0.3, 0.4) is 0 Å². The number of piperidine rings is 1. The van der Waals surface area contributed by atoms with Crippen molar-refractivity contribution in [2.24, 2.45) is 0 Å². The van der Waals surface area contributed by atoms with Crippen molar-refractivity contribution in [2.45, 2.75) is 99.6 Å². The third-order valence-corrected chi connectivity index (χ3v) is 9.81. The predicted octanol–water partition coefficient (Wildman–Crippen LogP) is -0.922. The Kier molecular flexibility index (Phi) is 12.1. The summed E-state index contributed by atoms with van der Waals surface area (Å²) in [7, 11) is 1.83. The van der Waals surface area contributed by atoms with E-state index in [2.05, 4.69) is 10.6 Å². The van der Waals surface area contributed by atoms with E-state index in [1.165, 1.54) is 12.1 Å². The smallest absolute Gasteiger partial charge is 0.490 e. The van der Waals surface area contributed by atoms with Gasteiger partial charge in [-0.1, -0.05) is 6.07 Å². The third-order valence-electron chi connectivity index (χ3n) is 9.81. The van der Waals surface area contributed by atoms with Gasteiger partial charge in [0.05, 0.1) is 24.3 Å². The van der Waals surface area contributed by atoms with Gasteiger partial charge in [-0.2, -0.15) is 13.2 Å². The lowest BCUT2D eigenvalue weighted by molar-refractivity contribution is -0.207. The number of aliphatic hydroxyl groups is 2. The van der Waals surface area contributed by atoms with Crippen molar-refractivity contribution in [1.82, 2.24) is 15.5 Å². The van der Waals surface area contributed by atoms with E-state index in [1.807, 2.05) is 11.9 Å². The number of carboxylic acid groups (broad SMARTS) is 3. The number of hydrogen-bond donors (Lipinski definition) is 8. The number of nitrogens with zero attached hydrogens (tertiary/aromatic N) is 1. The highest BCUT2D eigenvalue weighted by atomic mass is 19.4. The van der Waals surface area contributed by atoms with Gasteiger partial charge in [-0.15, -0.1) is 0 Å². The number of alkyl halides is 3. The molecule has 22 heteroatoms. The SMILES string of the molecule is C[C@H](O)C(=O)N[C@@H](CC(=O)OC1=CC[C@@]2(OC(=O)C[C@H](NC(=O)[C@H](C)O)C(=O)O)[C@H]3Cc4ccc(O)c5c4[C@@]2(CCN3C)[C@H]1O5)C(=O)O.O=C(O)C(F)(F)F. The van der Waals surface area contributed by atoms with Crippen LogP contribution in [0.25, 0.3) is 0 Å². The zero-order valence-electron chi connectivity index (χ0n) is 29.3. The van der Waals surface area contributed by atoms with Crippen LogP contribution in [0.1, 0.15) is 50.7 Å². The van der Waals surface area contributed by atoms with Gasteiger partial charge in [0.1, 0.15) is 35.7 Å². The number of likely N-dealkylation sites (N-methyl/N-ethyl adjacent to an activating group) is 1. The molecular weight excluding hydrogens is 751 g/mol. The first-order valence-electron chi connectivity index (χ1n) is 16.5. The van der Waals surface area contributed by atoms with E-state index in [-0.39, 0.29) is 30.1 Å². The predicted molar refractivity (Wildman–Crippen MR) is 172 cm³/mol. The van der Waals surface area contributed by atoms with Crippen LogP contribution in [-0.2, 0) is 54.9 Å². The van der Waals surface area contributed by atoms with Gasteiger partial charge in [0, 0.05) is 12.0 Å². The summed E-state index contributed by atoms with van der Waals surface area (Å²) in [5, 5.41) is 60.5. The average Bonchev–Trinajstić information content (AvgIpc) is 3.44. The van der Waals surface area contributed by atoms with Crippen molar-refractivity contribution in [3.63, 3.8) is 0 Å². The summed E-state index contributed by atoms with van der Waals surface area (Å²) in [4.78, 5) is 85.3. The van der Waals surface area contributed by atoms with Crippen molar-refractivity contribution in [2.75, 3.05) is 13.6 Å². The largest absolute Gasteiger partial charge is 0.504 e. The maximum Gasteiger partial charge on any atom is 0.490 e. The molecule has 4 aliphatic rings. The number of aliphatic carboxylic acids is 3. The van der Waals surface area contributed by atoms with Crippen LogP contribution >= 0.6 is 0 Å². The highest BCUT2D eigenvalue weighted by molar-refractivity contribution is 5.90. The molecule has 8 N–H and O–H groups in total. The molecule has 2 aliphatic heterocycles. The maximum atomic E-state index is 13.6. The van der Waals surface area contributed by atoms with Gasteiger partial charge in [0.25, 0.3) is 0 Å². The number of carboxylic acids is 3. The Hall–Kier alpha value is -5.48. The first-order chi connectivity index (χ1) is 25.5. The van der Waals surface area contributed by atoms with Crippen LogP contribution in [-0.4, -0.2) is 139 Å². The number of likely N-dealkylation sites (tertiary alicyclic amines) is 1. The molecule has 8 atom stereocenters. The fourth-order valence-corrected chi connectivity index (χ4v) is 7.34. The van der Waals surface area contributed by atoms with Crippen molar-refractivity contribution in [3.05, 3.63) is 35.1 Å². The molecule has 2 aliphatic carbocycles. The van der Waals surface area contributed by atoms with Crippen molar-refractivity contribution < 1.29 is 91.6 Å². The number of amides is 2. The van der Waals surface area contributed by atoms with Gasteiger partial charge in [-0.25, -0.2) is 14.4 Å². The summed E-state index contributed by atoms with van der Waals surface area (Å²) in [6.07, 6.45) is -8.90. The Bertz CT molecular complexity index is 1800. The molecule has 1 saturated heterocycles. The van der Waals surface area contributed by atoms with E-state index in [4.69, 9.17) is 24.1 Å². The van der Waals surface area contributed by atoms with Crippen LogP contribution in [0.5, 0.6) is 11.5 Å². The Balaban J connectivity index is 0.000000876. The normalized spacial score (nSPS) is 25.4. The molecular formula is C33H38F3N3O16. The summed E-state index contributed by atoms with van der Waals surface area (Å²) in [5.74, 6) is -10.0. The molecule has 1 aromatic rings. The number of esters is 2. The number of halogens is 3. The molecule has 0 aromatic heterocycles. The Morgan fingerprint density at radius 2 is 1.47 bits per heavy atom. The number of carbonyl (C=O) groups excluding carboxylic acids is 4. The molecule has 55 heavy (non-hydrogen) atoms. The second-order valence-corrected chi connectivity index (χ2v) is 13.4. The van der Waals surface area contributed by atoms with E-state index in [9.17, 15) is 67.5 Å². The molecule has 0 radical (unpaired) electrons. The summed E-state index contributed by atoms with van der Waals surface area (Å²) in [5.41, 5.74) is -1.40. The lowest BCUT2D eigenvalue weighted by atomic mass is 9.50. The fraction of sp³-hybridized carbons (Fsp3) is 0.545. The molecule has 0 saturated carbocycles. The van der Waals surface area contributed by atoms with Crippen LogP contribution in [0.4, 0.5) is 13.2 Å². The van der Waals surface area contributed by atoms with Crippen molar-refractivity contribution in [3.8, 4) is 11.5 Å². The van der Waals surface area contributed by atoms with Gasteiger partial charge in [-0.05, 0) is 58.0 Å². The lowest BCUT2D eigenvalue weighted by Gasteiger charge is -2.62. The maximum absolute atomic E-state index is 13.6. The molecule has 0 unspecified atom stereocenters. The molecule has 302 valence electrons. The Labute approximate surface area is 308 Å². The van der Waals surface area contributed by atoms with E-state index in [1.54, 1.807) is 6.07 Å². The molecule has 5 rings (SSSR count). The number of aromatic hydroxyl groups is 1. The third kappa shape index (κ3) is 8.15. The van der Waals surface area contributed by atoms with E-state index < -0.39 is 108 Å². The lowest BCUT2D eigenvalue weighted by Crippen LogP contribution is -2.75. The number of hydrogen-bond acceptors (Lipinski definition) is 14. The quantitative estimate of drug-likeness (QED) is 0.119. The zero-order valence-corrected chi connectivity index (χ0v) is 29.3. The standard InChI is InChI=1S/C31H37N3O14.C2HF3O2/c1-13(35)26(40)32-16(28(42)43)11-21(38)46-19-6-7-31(48-22(39)12-17(29(44)45)33-27(41)14(2)36)20-10-15-4-5-18(37)24-23(15)30(31,25(19)47-24)8-9-34(20)3;3-2(4,5)1(6)7/h4-6,13-14,16-17,20,25,35-37H,7-12H2,1-3H3,(H,32,40)(H,33,41)(H,42,43)(H,44,45);(H,6,7)/t13-,14-,16-,17-,20+,25-,30-,31+;/m0./s1. The molecule has 2 heterocycles. The molecule has 1 fully saturated rings. The molecule has 1 spiro atoms. The average molecular weight is 790 g/mol. The minimum atomic E-state index is -5.08. The fourth-order valence-electron chi connectivity index (χ4n) is 7.34. The molecule has 1 aromatic carbocycles. The first-order valence-corrected chi connectivity index (χ1v) is 16.5. The summed E-state index contributed by atoms with van der Waals surface area (Å²) in [6.45, 7) is 2.72. The summed E-state index contributed by atoms with van der Waals surface area (Å²) < 4.78 is 50.0. The van der Waals surface area contributed by atoms with Gasteiger partial charge in [-0.3, -0.25) is 24.1 Å². The minimum Gasteiger partial charge on any atom is -0.504 e. The van der Waals surface area contributed by atoms with Crippen molar-refractivity contribution in [1.29, 1.82) is 0 Å². The second kappa shape index (κ2) is 15.7. The minimum absolute atomic E-state index is 0.0444. The van der Waals surface area contributed by atoms with E-state index >= 15 is 0 Å². The number of nitrogens with one attached hydrogen (secondary N) is 2. The number of benzene rings is 1. The molecule has 2 amide bonds. The topological polar surface area (TPSA) is 296 Å². The summed E-state index contributed by atoms with van der Waals surface area (Å²) >= 11 is 0. The monoisotopic (exact) mass is 789 g/mol. The Morgan fingerprint density at radius 1 is 0.945 bits per heavy atom. The number of aliphatic hydroxyl groups excluding tert-OH is 2. The number of carbonyl (C=O) groups is 7. The van der Waals surface area contributed by atoms with Gasteiger partial charge in [0.15, 0.2) is 17.6 Å². The van der Waals surface area contributed by atoms with E-state index in [0.717, 1.165) is 19.4 Å². The highest BCUT2D eigenvalue weighted by Crippen LogP contribution is 2.66. The van der Waals surface area contributed by atoms with Gasteiger partial charge >= 0.3 is 36.0 Å². The number of phenols is 1. The molecule has 19 nitrogen and oxygen atoms in total. The highest BCUT2D eigenvalue weighted by Gasteiger charge is 2.74. The first kappa shape index (κ1) is 42.3. The number of phenolic OH excluding ortho intramolecular Hbond substituents is 1. The number of ether oxygens (including phenoxy) is 3. The summed E-state index contributed by atoms with van der Waals surface area (Å²) in [6, 6.07) is -0.767. The van der Waals surface area contributed by atoms with Gasteiger partial charge < -0.3 is 55.5 Å². The number of rotatable bonds is 12. The second-order valence-electron chi connectivity index (χ2n) is 13.4. The van der Waals surface area contributed by atoms with Crippen LogP contribution in [0.15, 0.2) is 24.0 Å². The van der Waals surface area contributed by atoms with Crippen LogP contribution in [0, 0.1) is 0 Å². The zero-order chi connectivity index (χ0) is 41.4. The van der Waals surface area contributed by atoms with Crippen LogP contribution in [0.2, 0.25) is 0 Å². The van der Waals surface area contributed by atoms with Crippen molar-refractivity contribution >= 4 is 41.7 Å².